The highest BCUT2D eigenvalue weighted by Gasteiger charge is 2.22. The number of likely N-dealkylation sites (N-methyl/N-ethyl adjacent to an activating group) is 1. The second-order valence-corrected chi connectivity index (χ2v) is 6.29. The summed E-state index contributed by atoms with van der Waals surface area (Å²) in [6.07, 6.45) is 1.01. The van der Waals surface area contributed by atoms with Crippen molar-refractivity contribution in [2.75, 3.05) is 27.3 Å². The van der Waals surface area contributed by atoms with Crippen molar-refractivity contribution in [3.05, 3.63) is 27.9 Å². The molecule has 2 aromatic rings. The Morgan fingerprint density at radius 1 is 1.41 bits per heavy atom. The van der Waals surface area contributed by atoms with Gasteiger partial charge in [-0.05, 0) is 42.0 Å². The highest BCUT2D eigenvalue weighted by atomic mass is 79.9. The van der Waals surface area contributed by atoms with E-state index in [2.05, 4.69) is 38.1 Å². The van der Waals surface area contributed by atoms with Crippen molar-refractivity contribution >= 4 is 15.9 Å². The molecule has 1 N–H and O–H groups in total. The molecule has 118 valence electrons. The molecule has 0 fully saturated rings. The number of methoxy groups -OCH3 is 1. The minimum atomic E-state index is 0.591. The SMILES string of the molecule is CCOc1cc(-c2n[nH]c3c2CN(C)CC3)cc(Br)c1OC. The molecule has 0 atom stereocenters. The Morgan fingerprint density at radius 2 is 2.23 bits per heavy atom. The van der Waals surface area contributed by atoms with Crippen molar-refractivity contribution in [2.24, 2.45) is 0 Å². The number of aromatic amines is 1. The Labute approximate surface area is 138 Å². The molecule has 5 nitrogen and oxygen atoms in total. The summed E-state index contributed by atoms with van der Waals surface area (Å²) in [5, 5.41) is 7.71. The highest BCUT2D eigenvalue weighted by Crippen LogP contribution is 2.40. The molecule has 1 aliphatic rings. The average Bonchev–Trinajstić information content (AvgIpc) is 2.90. The predicted octanol–water partition coefficient (Wildman–Crippen LogP) is 3.23. The molecule has 0 saturated carbocycles. The number of nitrogens with one attached hydrogen (secondary N) is 1. The molecule has 22 heavy (non-hydrogen) atoms. The molecule has 1 aliphatic heterocycles. The van der Waals surface area contributed by atoms with E-state index in [-0.39, 0.29) is 0 Å². The van der Waals surface area contributed by atoms with Gasteiger partial charge in [-0.3, -0.25) is 5.10 Å². The molecule has 1 aromatic carbocycles. The maximum absolute atomic E-state index is 5.71. The van der Waals surface area contributed by atoms with Crippen LogP contribution in [-0.4, -0.2) is 42.4 Å². The van der Waals surface area contributed by atoms with Gasteiger partial charge in [0.2, 0.25) is 0 Å². The molecule has 0 saturated heterocycles. The zero-order chi connectivity index (χ0) is 15.7. The number of ether oxygens (including phenoxy) is 2. The first-order chi connectivity index (χ1) is 10.6. The molecule has 0 amide bonds. The van der Waals surface area contributed by atoms with Gasteiger partial charge in [-0.1, -0.05) is 0 Å². The van der Waals surface area contributed by atoms with Crippen molar-refractivity contribution in [1.29, 1.82) is 0 Å². The number of fused-ring (bicyclic) bond motifs is 1. The smallest absolute Gasteiger partial charge is 0.174 e. The van der Waals surface area contributed by atoms with E-state index in [1.807, 2.05) is 19.1 Å². The van der Waals surface area contributed by atoms with Gasteiger partial charge < -0.3 is 14.4 Å². The Morgan fingerprint density at radius 3 is 2.95 bits per heavy atom. The lowest BCUT2D eigenvalue weighted by atomic mass is 10.0. The van der Waals surface area contributed by atoms with Crippen LogP contribution in [0.25, 0.3) is 11.3 Å². The lowest BCUT2D eigenvalue weighted by Crippen LogP contribution is -2.26. The summed E-state index contributed by atoms with van der Waals surface area (Å²) in [6.45, 7) is 4.53. The van der Waals surface area contributed by atoms with Crippen LogP contribution in [0.15, 0.2) is 16.6 Å². The number of hydrogen-bond donors (Lipinski definition) is 1. The third kappa shape index (κ3) is 2.73. The van der Waals surface area contributed by atoms with Gasteiger partial charge in [-0.25, -0.2) is 0 Å². The number of halogens is 1. The molecule has 0 unspecified atom stereocenters. The van der Waals surface area contributed by atoms with Gasteiger partial charge in [0.15, 0.2) is 11.5 Å². The molecule has 1 aromatic heterocycles. The Balaban J connectivity index is 2.07. The molecule has 0 radical (unpaired) electrons. The van der Waals surface area contributed by atoms with Crippen molar-refractivity contribution < 1.29 is 9.47 Å². The van der Waals surface area contributed by atoms with Crippen LogP contribution in [0.5, 0.6) is 11.5 Å². The van der Waals surface area contributed by atoms with E-state index in [1.165, 1.54) is 11.3 Å². The minimum Gasteiger partial charge on any atom is -0.492 e. The number of benzene rings is 1. The van der Waals surface area contributed by atoms with Crippen LogP contribution in [0.2, 0.25) is 0 Å². The third-order valence-electron chi connectivity index (χ3n) is 3.91. The standard InChI is InChI=1S/C16H20BrN3O2/c1-4-22-14-8-10(7-12(17)16(14)21-3)15-11-9-20(2)6-5-13(11)18-19-15/h7-8H,4-6,9H2,1-3H3,(H,18,19). The molecule has 3 rings (SSSR count). The van der Waals surface area contributed by atoms with Gasteiger partial charge in [-0.2, -0.15) is 5.10 Å². The lowest BCUT2D eigenvalue weighted by molar-refractivity contribution is 0.309. The second-order valence-electron chi connectivity index (χ2n) is 5.44. The van der Waals surface area contributed by atoms with Crippen molar-refractivity contribution in [3.63, 3.8) is 0 Å². The van der Waals surface area contributed by atoms with Gasteiger partial charge in [0, 0.05) is 36.3 Å². The molecule has 6 heteroatoms. The van der Waals surface area contributed by atoms with Gasteiger partial charge in [-0.15, -0.1) is 0 Å². The molecule has 0 aliphatic carbocycles. The summed E-state index contributed by atoms with van der Waals surface area (Å²) in [4.78, 5) is 2.31. The zero-order valence-electron chi connectivity index (χ0n) is 13.1. The number of aromatic nitrogens is 2. The molecule has 0 bridgehead atoms. The third-order valence-corrected chi connectivity index (χ3v) is 4.50. The highest BCUT2D eigenvalue weighted by molar-refractivity contribution is 9.10. The predicted molar refractivity (Wildman–Crippen MR) is 89.5 cm³/mol. The fraction of sp³-hybridized carbons (Fsp3) is 0.438. The van der Waals surface area contributed by atoms with Crippen LogP contribution in [0.1, 0.15) is 18.2 Å². The Bertz CT molecular complexity index is 684. The fourth-order valence-corrected chi connectivity index (χ4v) is 3.44. The van der Waals surface area contributed by atoms with Gasteiger partial charge in [0.25, 0.3) is 0 Å². The maximum atomic E-state index is 5.71. The van der Waals surface area contributed by atoms with Gasteiger partial charge >= 0.3 is 0 Å². The monoisotopic (exact) mass is 365 g/mol. The van der Waals surface area contributed by atoms with Crippen LogP contribution in [-0.2, 0) is 13.0 Å². The lowest BCUT2D eigenvalue weighted by Gasteiger charge is -2.22. The number of H-pyrrole nitrogens is 1. The normalized spacial score (nSPS) is 14.7. The topological polar surface area (TPSA) is 50.4 Å². The molecule has 0 spiro atoms. The quantitative estimate of drug-likeness (QED) is 0.903. The Hall–Kier alpha value is -1.53. The summed E-state index contributed by atoms with van der Waals surface area (Å²) in [5.74, 6) is 1.45. The van der Waals surface area contributed by atoms with E-state index >= 15 is 0 Å². The van der Waals surface area contributed by atoms with Crippen LogP contribution < -0.4 is 9.47 Å². The van der Waals surface area contributed by atoms with Gasteiger partial charge in [0.1, 0.15) is 0 Å². The fourth-order valence-electron chi connectivity index (χ4n) is 2.83. The van der Waals surface area contributed by atoms with Crippen molar-refractivity contribution in [2.45, 2.75) is 19.9 Å². The van der Waals surface area contributed by atoms with Crippen molar-refractivity contribution in [3.8, 4) is 22.8 Å². The van der Waals surface area contributed by atoms with Crippen LogP contribution in [0.3, 0.4) is 0 Å². The first kappa shape index (κ1) is 15.4. The van der Waals surface area contributed by atoms with Crippen molar-refractivity contribution in [1.82, 2.24) is 15.1 Å². The first-order valence-electron chi connectivity index (χ1n) is 7.39. The van der Waals surface area contributed by atoms with E-state index in [0.29, 0.717) is 12.4 Å². The van der Waals surface area contributed by atoms with E-state index in [0.717, 1.165) is 41.0 Å². The number of rotatable bonds is 4. The first-order valence-corrected chi connectivity index (χ1v) is 8.18. The van der Waals surface area contributed by atoms with Crippen LogP contribution in [0.4, 0.5) is 0 Å². The second kappa shape index (κ2) is 6.30. The summed E-state index contributed by atoms with van der Waals surface area (Å²) in [7, 11) is 3.78. The van der Waals surface area contributed by atoms with E-state index < -0.39 is 0 Å². The van der Waals surface area contributed by atoms with Crippen LogP contribution >= 0.6 is 15.9 Å². The van der Waals surface area contributed by atoms with E-state index in [1.54, 1.807) is 7.11 Å². The molecular weight excluding hydrogens is 346 g/mol. The maximum Gasteiger partial charge on any atom is 0.174 e. The Kier molecular flexibility index (Phi) is 4.40. The minimum absolute atomic E-state index is 0.591. The summed E-state index contributed by atoms with van der Waals surface area (Å²) >= 11 is 3.57. The number of nitrogens with zero attached hydrogens (tertiary/aromatic N) is 2. The molecular formula is C16H20BrN3O2. The average molecular weight is 366 g/mol. The van der Waals surface area contributed by atoms with E-state index in [4.69, 9.17) is 9.47 Å². The summed E-state index contributed by atoms with van der Waals surface area (Å²) in [6, 6.07) is 4.03. The number of hydrogen-bond acceptors (Lipinski definition) is 4. The van der Waals surface area contributed by atoms with E-state index in [9.17, 15) is 0 Å². The van der Waals surface area contributed by atoms with Crippen LogP contribution in [0, 0.1) is 0 Å². The van der Waals surface area contributed by atoms with Gasteiger partial charge in [0.05, 0.1) is 23.9 Å². The zero-order valence-corrected chi connectivity index (χ0v) is 14.7. The molecule has 2 heterocycles. The summed E-state index contributed by atoms with van der Waals surface area (Å²) < 4.78 is 12.0. The summed E-state index contributed by atoms with van der Waals surface area (Å²) in [5.41, 5.74) is 4.53. The largest absolute Gasteiger partial charge is 0.492 e.